The number of carbonyl (C=O) groups is 1. The second-order valence-electron chi connectivity index (χ2n) is 4.12. The molecule has 1 nitrogen and oxygen atoms in total. The third kappa shape index (κ3) is 2.22. The summed E-state index contributed by atoms with van der Waals surface area (Å²) in [4.78, 5) is 12.2. The Morgan fingerprint density at radius 2 is 1.80 bits per heavy atom. The largest absolute Gasteiger partial charge is 0.294 e. The van der Waals surface area contributed by atoms with E-state index in [0.29, 0.717) is 5.78 Å². The maximum Gasteiger partial charge on any atom is 0.169 e. The van der Waals surface area contributed by atoms with Gasteiger partial charge in [-0.3, -0.25) is 4.79 Å². The van der Waals surface area contributed by atoms with Gasteiger partial charge < -0.3 is 0 Å². The van der Waals surface area contributed by atoms with Gasteiger partial charge in [-0.2, -0.15) is 0 Å². The zero-order valence-electron chi connectivity index (χ0n) is 10.4. The minimum absolute atomic E-state index is 0.179. The van der Waals surface area contributed by atoms with Gasteiger partial charge in [-0.1, -0.05) is 44.9 Å². The first-order chi connectivity index (χ1) is 7.19. The predicted molar refractivity (Wildman–Crippen MR) is 64.8 cm³/mol. The van der Waals surface area contributed by atoms with E-state index in [1.54, 1.807) is 0 Å². The Bertz CT molecular complexity index is 301. The zero-order chi connectivity index (χ0) is 11.4. The molecule has 0 saturated heterocycles. The first kappa shape index (κ1) is 12.2. The Morgan fingerprint density at radius 3 is 2.13 bits per heavy atom. The van der Waals surface area contributed by atoms with Crippen molar-refractivity contribution in [2.75, 3.05) is 0 Å². The van der Waals surface area contributed by atoms with Crippen molar-refractivity contribution in [3.05, 3.63) is 22.8 Å². The molecule has 0 aliphatic heterocycles. The molecule has 0 aromatic heterocycles. The van der Waals surface area contributed by atoms with E-state index in [0.717, 1.165) is 31.3 Å². The summed E-state index contributed by atoms with van der Waals surface area (Å²) in [5.41, 5.74) is 3.67. The van der Waals surface area contributed by atoms with Crippen LogP contribution in [0.2, 0.25) is 0 Å². The highest BCUT2D eigenvalue weighted by Gasteiger charge is 2.29. The highest BCUT2D eigenvalue weighted by Crippen LogP contribution is 2.33. The van der Waals surface area contributed by atoms with E-state index in [1.165, 1.54) is 11.1 Å². The van der Waals surface area contributed by atoms with Crippen molar-refractivity contribution in [2.45, 2.75) is 53.4 Å². The lowest BCUT2D eigenvalue weighted by molar-refractivity contribution is -0.117. The first-order valence-electron chi connectivity index (χ1n) is 6.16. The maximum absolute atomic E-state index is 12.2. The summed E-state index contributed by atoms with van der Waals surface area (Å²) >= 11 is 0. The summed E-state index contributed by atoms with van der Waals surface area (Å²) in [7, 11) is 0. The molecule has 0 radical (unpaired) electrons. The number of hydrogen-bond acceptors (Lipinski definition) is 1. The van der Waals surface area contributed by atoms with Crippen LogP contribution in [-0.2, 0) is 4.79 Å². The molecule has 1 heteroatoms. The third-order valence-corrected chi connectivity index (χ3v) is 3.41. The predicted octanol–water partition coefficient (Wildman–Crippen LogP) is 4.05. The van der Waals surface area contributed by atoms with Gasteiger partial charge >= 0.3 is 0 Å². The smallest absolute Gasteiger partial charge is 0.169 e. The lowest BCUT2D eigenvalue weighted by atomic mass is 9.93. The number of carbonyl (C=O) groups excluding carboxylic acids is 1. The van der Waals surface area contributed by atoms with Crippen LogP contribution in [0, 0.1) is 5.92 Å². The molecule has 0 aromatic rings. The van der Waals surface area contributed by atoms with Crippen LogP contribution in [0.3, 0.4) is 0 Å². The molecule has 0 amide bonds. The maximum atomic E-state index is 12.2. The van der Waals surface area contributed by atoms with Crippen LogP contribution in [0.25, 0.3) is 0 Å². The number of hydrogen-bond donors (Lipinski definition) is 0. The van der Waals surface area contributed by atoms with Crippen LogP contribution in [0.15, 0.2) is 22.8 Å². The molecule has 0 bridgehead atoms. The molecule has 1 aliphatic carbocycles. The summed E-state index contributed by atoms with van der Waals surface area (Å²) in [5, 5.41) is 0. The van der Waals surface area contributed by atoms with Crippen molar-refractivity contribution in [3.63, 3.8) is 0 Å². The molecule has 15 heavy (non-hydrogen) atoms. The van der Waals surface area contributed by atoms with Crippen LogP contribution in [0.5, 0.6) is 0 Å². The van der Waals surface area contributed by atoms with Crippen molar-refractivity contribution in [1.29, 1.82) is 0 Å². The van der Waals surface area contributed by atoms with Crippen LogP contribution < -0.4 is 0 Å². The van der Waals surface area contributed by atoms with Crippen molar-refractivity contribution < 1.29 is 4.79 Å². The van der Waals surface area contributed by atoms with Gasteiger partial charge in [-0.05, 0) is 25.7 Å². The van der Waals surface area contributed by atoms with E-state index < -0.39 is 0 Å². The summed E-state index contributed by atoms with van der Waals surface area (Å²) in [6, 6.07) is 0. The standard InChI is InChI=1S/C14H22O/c1-5-10(6-2)13-9-11(7-3)12(8-4)14(13)15/h9,12H,5-8H2,1-4H3. The SMILES string of the molecule is CCC1=CC(=C(CC)CC)C(=O)C1CC. The highest BCUT2D eigenvalue weighted by molar-refractivity contribution is 6.05. The van der Waals surface area contributed by atoms with E-state index >= 15 is 0 Å². The van der Waals surface area contributed by atoms with E-state index in [1.807, 2.05) is 0 Å². The Labute approximate surface area is 93.3 Å². The van der Waals surface area contributed by atoms with Crippen molar-refractivity contribution in [2.24, 2.45) is 5.92 Å². The number of Topliss-reactive ketones (excluding diaryl/α,β-unsaturated/α-hetero) is 1. The van der Waals surface area contributed by atoms with E-state index in [4.69, 9.17) is 0 Å². The molecule has 84 valence electrons. The number of rotatable bonds is 4. The second kappa shape index (κ2) is 5.29. The van der Waals surface area contributed by atoms with Gasteiger partial charge in [-0.25, -0.2) is 0 Å². The van der Waals surface area contributed by atoms with Gasteiger partial charge in [0.1, 0.15) is 0 Å². The molecular weight excluding hydrogens is 184 g/mol. The molecule has 0 heterocycles. The lowest BCUT2D eigenvalue weighted by Crippen LogP contribution is -2.11. The molecule has 1 atom stereocenters. The summed E-state index contributed by atoms with van der Waals surface area (Å²) in [6.07, 6.45) is 6.11. The van der Waals surface area contributed by atoms with Gasteiger partial charge in [0.15, 0.2) is 5.78 Å². The molecule has 0 aromatic carbocycles. The zero-order valence-corrected chi connectivity index (χ0v) is 10.4. The Kier molecular flexibility index (Phi) is 4.31. The van der Waals surface area contributed by atoms with Gasteiger partial charge in [0.2, 0.25) is 0 Å². The molecular formula is C14H22O. The highest BCUT2D eigenvalue weighted by atomic mass is 16.1. The van der Waals surface area contributed by atoms with Crippen LogP contribution in [0.4, 0.5) is 0 Å². The fourth-order valence-corrected chi connectivity index (χ4v) is 2.42. The molecule has 0 saturated carbocycles. The molecule has 0 spiro atoms. The second-order valence-corrected chi connectivity index (χ2v) is 4.12. The summed E-state index contributed by atoms with van der Waals surface area (Å²) in [5.74, 6) is 0.547. The van der Waals surface area contributed by atoms with Crippen LogP contribution >= 0.6 is 0 Å². The lowest BCUT2D eigenvalue weighted by Gasteiger charge is -2.09. The minimum Gasteiger partial charge on any atom is -0.294 e. The Hall–Kier alpha value is -0.850. The molecule has 0 N–H and O–H groups in total. The normalized spacial score (nSPS) is 20.8. The van der Waals surface area contributed by atoms with Gasteiger partial charge in [0, 0.05) is 11.5 Å². The monoisotopic (exact) mass is 206 g/mol. The van der Waals surface area contributed by atoms with Gasteiger partial charge in [-0.15, -0.1) is 0 Å². The fraction of sp³-hybridized carbons (Fsp3) is 0.643. The third-order valence-electron chi connectivity index (χ3n) is 3.41. The van der Waals surface area contributed by atoms with Crippen LogP contribution in [-0.4, -0.2) is 5.78 Å². The molecule has 1 rings (SSSR count). The summed E-state index contributed by atoms with van der Waals surface area (Å²) < 4.78 is 0. The number of ketones is 1. The van der Waals surface area contributed by atoms with E-state index in [9.17, 15) is 4.79 Å². The molecule has 0 fully saturated rings. The quantitative estimate of drug-likeness (QED) is 0.634. The fourth-order valence-electron chi connectivity index (χ4n) is 2.42. The van der Waals surface area contributed by atoms with Crippen molar-refractivity contribution in [1.82, 2.24) is 0 Å². The van der Waals surface area contributed by atoms with Crippen LogP contribution in [0.1, 0.15) is 53.4 Å². The minimum atomic E-state index is 0.179. The molecule has 1 unspecified atom stereocenters. The van der Waals surface area contributed by atoms with Gasteiger partial charge in [0.25, 0.3) is 0 Å². The van der Waals surface area contributed by atoms with E-state index in [2.05, 4.69) is 33.8 Å². The Morgan fingerprint density at radius 1 is 1.20 bits per heavy atom. The number of allylic oxidation sites excluding steroid dienone is 4. The van der Waals surface area contributed by atoms with Crippen molar-refractivity contribution >= 4 is 5.78 Å². The Balaban J connectivity index is 3.10. The first-order valence-corrected chi connectivity index (χ1v) is 6.16. The molecule has 1 aliphatic rings. The van der Waals surface area contributed by atoms with Crippen molar-refractivity contribution in [3.8, 4) is 0 Å². The summed E-state index contributed by atoms with van der Waals surface area (Å²) in [6.45, 7) is 8.52. The van der Waals surface area contributed by atoms with E-state index in [-0.39, 0.29) is 5.92 Å². The topological polar surface area (TPSA) is 17.1 Å². The average molecular weight is 206 g/mol. The van der Waals surface area contributed by atoms with Gasteiger partial charge in [0.05, 0.1) is 0 Å². The average Bonchev–Trinajstić information content (AvgIpc) is 2.57.